The van der Waals surface area contributed by atoms with Crippen LogP contribution in [0.4, 0.5) is 5.69 Å². The van der Waals surface area contributed by atoms with E-state index in [2.05, 4.69) is 31.4 Å². The first-order chi connectivity index (χ1) is 13.5. The average Bonchev–Trinajstić information content (AvgIpc) is 3.32. The number of methoxy groups -OCH3 is 2. The van der Waals surface area contributed by atoms with Crippen molar-refractivity contribution in [2.75, 3.05) is 25.3 Å². The van der Waals surface area contributed by atoms with Gasteiger partial charge in [-0.1, -0.05) is 11.8 Å². The summed E-state index contributed by atoms with van der Waals surface area (Å²) in [5, 5.41) is 11.9. The maximum Gasteiger partial charge on any atom is 0.234 e. The van der Waals surface area contributed by atoms with Crippen molar-refractivity contribution in [3.63, 3.8) is 0 Å². The third kappa shape index (κ3) is 4.50. The van der Waals surface area contributed by atoms with Crippen LogP contribution >= 0.6 is 27.7 Å². The fourth-order valence-electron chi connectivity index (χ4n) is 2.52. The molecule has 0 aliphatic rings. The van der Waals surface area contributed by atoms with E-state index in [0.717, 1.165) is 0 Å². The average molecular weight is 467 g/mol. The number of aromatic nitrogens is 3. The molecule has 3 rings (SSSR count). The second kappa shape index (κ2) is 9.16. The van der Waals surface area contributed by atoms with E-state index in [9.17, 15) is 4.79 Å². The van der Waals surface area contributed by atoms with Gasteiger partial charge in [0.25, 0.3) is 0 Å². The van der Waals surface area contributed by atoms with Crippen LogP contribution in [-0.2, 0) is 11.3 Å². The fourth-order valence-corrected chi connectivity index (χ4v) is 3.62. The number of furan rings is 1. The number of carbonyl (C=O) groups is 1. The molecule has 0 aliphatic carbocycles. The molecule has 0 atom stereocenters. The molecule has 1 N–H and O–H groups in total. The molecule has 2 aromatic heterocycles. The maximum atomic E-state index is 12.4. The molecule has 0 unspecified atom stereocenters. The molecule has 2 heterocycles. The van der Waals surface area contributed by atoms with E-state index in [1.807, 2.05) is 17.6 Å². The Morgan fingerprint density at radius 1 is 1.25 bits per heavy atom. The van der Waals surface area contributed by atoms with Crippen molar-refractivity contribution in [2.45, 2.75) is 18.6 Å². The smallest absolute Gasteiger partial charge is 0.234 e. The zero-order valence-electron chi connectivity index (χ0n) is 15.6. The van der Waals surface area contributed by atoms with E-state index in [0.29, 0.717) is 45.1 Å². The highest BCUT2D eigenvalue weighted by Crippen LogP contribution is 2.30. The molecule has 0 spiro atoms. The highest BCUT2D eigenvalue weighted by Gasteiger charge is 2.17. The lowest BCUT2D eigenvalue weighted by Gasteiger charge is -2.11. The molecule has 148 valence electrons. The second-order valence-electron chi connectivity index (χ2n) is 5.56. The lowest BCUT2D eigenvalue weighted by atomic mass is 10.2. The number of hydrogen-bond acceptors (Lipinski definition) is 7. The number of hydrogen-bond donors (Lipinski definition) is 1. The van der Waals surface area contributed by atoms with E-state index in [4.69, 9.17) is 13.9 Å². The van der Waals surface area contributed by atoms with E-state index in [1.165, 1.54) is 18.9 Å². The van der Waals surface area contributed by atoms with Crippen LogP contribution < -0.4 is 14.8 Å². The minimum atomic E-state index is -0.179. The Hall–Kier alpha value is -2.46. The summed E-state index contributed by atoms with van der Waals surface area (Å²) in [6.07, 6.45) is 0. The van der Waals surface area contributed by atoms with Gasteiger partial charge >= 0.3 is 0 Å². The van der Waals surface area contributed by atoms with Gasteiger partial charge in [-0.05, 0) is 47.1 Å². The molecule has 0 fully saturated rings. The van der Waals surface area contributed by atoms with Crippen LogP contribution in [0.15, 0.2) is 44.6 Å². The standard InChI is InChI=1S/C18H19BrN4O4S/c1-4-23-17(13-7-8-15(19)27-13)21-22-18(23)28-10-16(24)20-12-6-5-11(25-2)9-14(12)26-3/h5-9H,4,10H2,1-3H3,(H,20,24). The molecule has 0 aliphatic heterocycles. The Morgan fingerprint density at radius 3 is 2.71 bits per heavy atom. The molecule has 10 heteroatoms. The Balaban J connectivity index is 1.67. The van der Waals surface area contributed by atoms with Crippen molar-refractivity contribution >= 4 is 39.3 Å². The fraction of sp³-hybridized carbons (Fsp3) is 0.278. The normalized spacial score (nSPS) is 10.7. The Morgan fingerprint density at radius 2 is 2.07 bits per heavy atom. The summed E-state index contributed by atoms with van der Waals surface area (Å²) in [6, 6.07) is 8.82. The quantitative estimate of drug-likeness (QED) is 0.500. The van der Waals surface area contributed by atoms with Crippen molar-refractivity contribution in [3.05, 3.63) is 35.0 Å². The topological polar surface area (TPSA) is 91.4 Å². The number of rotatable bonds is 8. The Bertz CT molecular complexity index is 972. The maximum absolute atomic E-state index is 12.4. The SMILES string of the molecule is CCn1c(SCC(=O)Nc2ccc(OC)cc2OC)nnc1-c1ccc(Br)o1. The van der Waals surface area contributed by atoms with Crippen LogP contribution in [0, 0.1) is 0 Å². The molecule has 3 aromatic rings. The molecular weight excluding hydrogens is 448 g/mol. The van der Waals surface area contributed by atoms with Gasteiger partial charge in [0.1, 0.15) is 11.5 Å². The second-order valence-corrected chi connectivity index (χ2v) is 7.28. The number of thioether (sulfide) groups is 1. The van der Waals surface area contributed by atoms with Crippen LogP contribution in [0.25, 0.3) is 11.6 Å². The predicted molar refractivity (Wildman–Crippen MR) is 110 cm³/mol. The molecule has 0 saturated heterocycles. The van der Waals surface area contributed by atoms with Crippen LogP contribution in [0.1, 0.15) is 6.92 Å². The monoisotopic (exact) mass is 466 g/mol. The first kappa shape index (κ1) is 20.3. The first-order valence-electron chi connectivity index (χ1n) is 8.39. The molecule has 8 nitrogen and oxygen atoms in total. The van der Waals surface area contributed by atoms with Crippen molar-refractivity contribution in [2.24, 2.45) is 0 Å². The van der Waals surface area contributed by atoms with Gasteiger partial charge in [-0.3, -0.25) is 9.36 Å². The van der Waals surface area contributed by atoms with Crippen molar-refractivity contribution < 1.29 is 18.7 Å². The van der Waals surface area contributed by atoms with E-state index >= 15 is 0 Å². The minimum Gasteiger partial charge on any atom is -0.497 e. The lowest BCUT2D eigenvalue weighted by Crippen LogP contribution is -2.15. The van der Waals surface area contributed by atoms with Crippen LogP contribution in [0.3, 0.4) is 0 Å². The summed E-state index contributed by atoms with van der Waals surface area (Å²) < 4.78 is 18.5. The number of amides is 1. The van der Waals surface area contributed by atoms with Gasteiger partial charge < -0.3 is 19.2 Å². The highest BCUT2D eigenvalue weighted by molar-refractivity contribution is 9.10. The summed E-state index contributed by atoms with van der Waals surface area (Å²) in [5.41, 5.74) is 0.576. The Labute approximate surface area is 174 Å². The largest absolute Gasteiger partial charge is 0.497 e. The molecule has 0 radical (unpaired) electrons. The number of anilines is 1. The number of halogens is 1. The number of ether oxygens (including phenoxy) is 2. The number of carbonyl (C=O) groups excluding carboxylic acids is 1. The van der Waals surface area contributed by atoms with Gasteiger partial charge in [-0.25, -0.2) is 0 Å². The van der Waals surface area contributed by atoms with Gasteiger partial charge in [-0.15, -0.1) is 10.2 Å². The van der Waals surface area contributed by atoms with E-state index in [-0.39, 0.29) is 11.7 Å². The zero-order chi connectivity index (χ0) is 20.1. The molecular formula is C18H19BrN4O4S. The summed E-state index contributed by atoms with van der Waals surface area (Å²) in [6.45, 7) is 2.63. The van der Waals surface area contributed by atoms with Gasteiger partial charge in [0, 0.05) is 12.6 Å². The van der Waals surface area contributed by atoms with Crippen LogP contribution in [0.2, 0.25) is 0 Å². The molecule has 1 aromatic carbocycles. The molecule has 0 saturated carbocycles. The molecule has 0 bridgehead atoms. The number of nitrogens with one attached hydrogen (secondary N) is 1. The minimum absolute atomic E-state index is 0.176. The van der Waals surface area contributed by atoms with E-state index in [1.54, 1.807) is 31.4 Å². The van der Waals surface area contributed by atoms with Crippen molar-refractivity contribution in [1.82, 2.24) is 14.8 Å². The van der Waals surface area contributed by atoms with Gasteiger partial charge in [-0.2, -0.15) is 0 Å². The summed E-state index contributed by atoms with van der Waals surface area (Å²) in [5.74, 6) is 2.40. The summed E-state index contributed by atoms with van der Waals surface area (Å²) in [7, 11) is 3.11. The first-order valence-corrected chi connectivity index (χ1v) is 10.2. The lowest BCUT2D eigenvalue weighted by molar-refractivity contribution is -0.113. The number of benzene rings is 1. The molecule has 1 amide bonds. The molecule has 28 heavy (non-hydrogen) atoms. The van der Waals surface area contributed by atoms with Gasteiger partial charge in [0.15, 0.2) is 15.6 Å². The summed E-state index contributed by atoms with van der Waals surface area (Å²) >= 11 is 4.59. The Kier molecular flexibility index (Phi) is 6.63. The third-order valence-electron chi connectivity index (χ3n) is 3.84. The van der Waals surface area contributed by atoms with Crippen molar-refractivity contribution in [3.8, 4) is 23.1 Å². The van der Waals surface area contributed by atoms with Gasteiger partial charge in [0.2, 0.25) is 11.7 Å². The highest BCUT2D eigenvalue weighted by atomic mass is 79.9. The third-order valence-corrected chi connectivity index (χ3v) is 5.23. The van der Waals surface area contributed by atoms with Crippen LogP contribution in [-0.4, -0.2) is 40.6 Å². The van der Waals surface area contributed by atoms with Gasteiger partial charge in [0.05, 0.1) is 25.7 Å². The van der Waals surface area contributed by atoms with Crippen molar-refractivity contribution in [1.29, 1.82) is 0 Å². The van der Waals surface area contributed by atoms with Crippen LogP contribution in [0.5, 0.6) is 11.5 Å². The summed E-state index contributed by atoms with van der Waals surface area (Å²) in [4.78, 5) is 12.4. The predicted octanol–water partition coefficient (Wildman–Crippen LogP) is 4.07. The van der Waals surface area contributed by atoms with E-state index < -0.39 is 0 Å². The zero-order valence-corrected chi connectivity index (χ0v) is 18.0. The number of nitrogens with zero attached hydrogens (tertiary/aromatic N) is 3.